The largest absolute Gasteiger partial charge is 0.514 e. The summed E-state index contributed by atoms with van der Waals surface area (Å²) in [6, 6.07) is 5.09. The van der Waals surface area contributed by atoms with Crippen LogP contribution in [0.25, 0.3) is 0 Å². The number of hydrogen-bond donors (Lipinski definition) is 0. The van der Waals surface area contributed by atoms with Crippen molar-refractivity contribution in [3.63, 3.8) is 0 Å². The molecule has 0 aliphatic carbocycles. The Hall–Kier alpha value is -2.64. The van der Waals surface area contributed by atoms with Crippen LogP contribution < -0.4 is 4.74 Å². The van der Waals surface area contributed by atoms with E-state index in [9.17, 15) is 19.7 Å². The molecule has 154 valence electrons. The maximum absolute atomic E-state index is 12.1. The third-order valence-electron chi connectivity index (χ3n) is 4.23. The highest BCUT2D eigenvalue weighted by Crippen LogP contribution is 2.22. The zero-order valence-electron chi connectivity index (χ0n) is 16.3. The van der Waals surface area contributed by atoms with Crippen LogP contribution in [0, 0.1) is 29.9 Å². The van der Waals surface area contributed by atoms with Gasteiger partial charge in [0, 0.05) is 18.6 Å². The van der Waals surface area contributed by atoms with Crippen molar-refractivity contribution in [1.82, 2.24) is 0 Å². The standard InChI is InChI=1S/C20H27NO7/c1-5-15(6-2)13-18(11-12-19(22)26-14(3)4)28-20(23)27-17-9-7-16(8-10-17)21(24)25/h7-10,14-15,18H,3-6,11-13H2,1-2H3. The summed E-state index contributed by atoms with van der Waals surface area (Å²) in [5.41, 5.74) is -0.111. The highest BCUT2D eigenvalue weighted by molar-refractivity contribution is 5.70. The summed E-state index contributed by atoms with van der Waals surface area (Å²) >= 11 is 0. The molecule has 0 amide bonds. The van der Waals surface area contributed by atoms with E-state index < -0.39 is 29.3 Å². The van der Waals surface area contributed by atoms with Crippen molar-refractivity contribution in [2.45, 2.75) is 58.2 Å². The van der Waals surface area contributed by atoms with E-state index in [1.165, 1.54) is 24.3 Å². The van der Waals surface area contributed by atoms with E-state index in [0.717, 1.165) is 12.8 Å². The van der Waals surface area contributed by atoms with Crippen molar-refractivity contribution < 1.29 is 28.7 Å². The van der Waals surface area contributed by atoms with Crippen molar-refractivity contribution in [3.05, 3.63) is 48.2 Å². The first kappa shape index (κ1) is 23.4. The van der Waals surface area contributed by atoms with E-state index in [0.29, 0.717) is 12.3 Å². The molecule has 1 atom stereocenters. The fourth-order valence-corrected chi connectivity index (χ4v) is 2.63. The molecule has 0 fully saturated rings. The minimum absolute atomic E-state index is 0.0666. The number of esters is 1. The average molecular weight is 393 g/mol. The van der Waals surface area contributed by atoms with Gasteiger partial charge in [-0.05, 0) is 44.7 Å². The summed E-state index contributed by atoms with van der Waals surface area (Å²) in [7, 11) is 0. The topological polar surface area (TPSA) is 105 Å². The van der Waals surface area contributed by atoms with Crippen LogP contribution in [0.4, 0.5) is 10.5 Å². The van der Waals surface area contributed by atoms with Crippen LogP contribution in [-0.2, 0) is 14.3 Å². The maximum atomic E-state index is 12.1. The number of benzene rings is 1. The van der Waals surface area contributed by atoms with Crippen molar-refractivity contribution in [1.29, 1.82) is 0 Å². The van der Waals surface area contributed by atoms with Gasteiger partial charge in [0.25, 0.3) is 5.69 Å². The highest BCUT2D eigenvalue weighted by atomic mass is 16.7. The second-order valence-electron chi connectivity index (χ2n) is 6.41. The maximum Gasteiger partial charge on any atom is 0.514 e. The first-order valence-corrected chi connectivity index (χ1v) is 9.23. The van der Waals surface area contributed by atoms with Crippen molar-refractivity contribution in [2.24, 2.45) is 5.92 Å². The molecule has 0 N–H and O–H groups in total. The molecule has 1 unspecified atom stereocenters. The van der Waals surface area contributed by atoms with Crippen LogP contribution in [0.15, 0.2) is 24.3 Å². The Labute approximate surface area is 165 Å². The summed E-state index contributed by atoms with van der Waals surface area (Å²) in [6.07, 6.45) is 0.637. The summed E-state index contributed by atoms with van der Waals surface area (Å²) in [6.45, 7) is 11.1. The molecule has 0 saturated heterocycles. The molecule has 2 radical (unpaired) electrons. The molecule has 0 aliphatic rings. The predicted octanol–water partition coefficient (Wildman–Crippen LogP) is 4.67. The molecule has 0 bridgehead atoms. The van der Waals surface area contributed by atoms with Crippen LogP contribution in [0.2, 0.25) is 0 Å². The van der Waals surface area contributed by atoms with Crippen LogP contribution >= 0.6 is 0 Å². The van der Waals surface area contributed by atoms with Gasteiger partial charge in [0.15, 0.2) is 0 Å². The fraction of sp³-hybridized carbons (Fsp3) is 0.500. The predicted molar refractivity (Wildman–Crippen MR) is 103 cm³/mol. The number of nitrogens with zero attached hydrogens (tertiary/aromatic N) is 1. The van der Waals surface area contributed by atoms with Gasteiger partial charge in [-0.3, -0.25) is 14.9 Å². The normalized spacial score (nSPS) is 11.9. The van der Waals surface area contributed by atoms with Crippen molar-refractivity contribution >= 4 is 17.8 Å². The first-order valence-electron chi connectivity index (χ1n) is 9.23. The van der Waals surface area contributed by atoms with E-state index in [4.69, 9.17) is 14.2 Å². The smallest absolute Gasteiger partial charge is 0.462 e. The minimum Gasteiger partial charge on any atom is -0.462 e. The lowest BCUT2D eigenvalue weighted by Crippen LogP contribution is -2.25. The second-order valence-corrected chi connectivity index (χ2v) is 6.41. The Morgan fingerprint density at radius 1 is 1.11 bits per heavy atom. The lowest BCUT2D eigenvalue weighted by molar-refractivity contribution is -0.384. The molecule has 0 aromatic heterocycles. The third-order valence-corrected chi connectivity index (χ3v) is 4.23. The van der Waals surface area contributed by atoms with Crippen LogP contribution in [-0.4, -0.2) is 29.3 Å². The Bertz CT molecular complexity index is 638. The highest BCUT2D eigenvalue weighted by Gasteiger charge is 2.22. The van der Waals surface area contributed by atoms with E-state index in [-0.39, 0.29) is 24.3 Å². The monoisotopic (exact) mass is 393 g/mol. The van der Waals surface area contributed by atoms with Gasteiger partial charge in [-0.25, -0.2) is 4.79 Å². The average Bonchev–Trinajstić information content (AvgIpc) is 2.63. The van der Waals surface area contributed by atoms with Gasteiger partial charge in [-0.1, -0.05) is 26.7 Å². The molecule has 0 spiro atoms. The lowest BCUT2D eigenvalue weighted by atomic mass is 9.94. The Balaban J connectivity index is 2.67. The molecule has 0 saturated carbocycles. The Morgan fingerprint density at radius 3 is 2.21 bits per heavy atom. The van der Waals surface area contributed by atoms with Gasteiger partial charge in [0.05, 0.1) is 4.92 Å². The summed E-state index contributed by atoms with van der Waals surface area (Å²) in [5.74, 6) is 0.00626. The molecular weight excluding hydrogens is 366 g/mol. The van der Waals surface area contributed by atoms with E-state index >= 15 is 0 Å². The second kappa shape index (κ2) is 11.9. The SMILES string of the molecule is [CH2]C([CH2])OC(=O)CCC(CC(CC)CC)OC(=O)Oc1ccc([N+](=O)[O-])cc1. The number of hydrogen-bond acceptors (Lipinski definition) is 7. The molecule has 1 rings (SSSR count). The van der Waals surface area contributed by atoms with Crippen LogP contribution in [0.1, 0.15) is 46.0 Å². The quantitative estimate of drug-likeness (QED) is 0.233. The van der Waals surface area contributed by atoms with Gasteiger partial charge in [-0.2, -0.15) is 0 Å². The number of carbonyl (C=O) groups is 2. The summed E-state index contributed by atoms with van der Waals surface area (Å²) in [5, 5.41) is 10.7. The zero-order valence-corrected chi connectivity index (χ0v) is 16.3. The summed E-state index contributed by atoms with van der Waals surface area (Å²) in [4.78, 5) is 33.9. The number of nitro benzene ring substituents is 1. The van der Waals surface area contributed by atoms with Gasteiger partial charge >= 0.3 is 12.1 Å². The molecule has 8 heteroatoms. The van der Waals surface area contributed by atoms with E-state index in [2.05, 4.69) is 13.8 Å². The Morgan fingerprint density at radius 2 is 1.71 bits per heavy atom. The fourth-order valence-electron chi connectivity index (χ4n) is 2.63. The molecule has 1 aromatic carbocycles. The number of non-ortho nitro benzene ring substituents is 1. The van der Waals surface area contributed by atoms with Gasteiger partial charge in [-0.15, -0.1) is 0 Å². The van der Waals surface area contributed by atoms with Gasteiger partial charge < -0.3 is 14.2 Å². The molecule has 0 aliphatic heterocycles. The summed E-state index contributed by atoms with van der Waals surface area (Å²) < 4.78 is 15.4. The van der Waals surface area contributed by atoms with Gasteiger partial charge in [0.2, 0.25) is 0 Å². The van der Waals surface area contributed by atoms with E-state index in [1.54, 1.807) is 0 Å². The molecular formula is C20H27NO7. The lowest BCUT2D eigenvalue weighted by Gasteiger charge is -2.22. The molecule has 28 heavy (non-hydrogen) atoms. The Kier molecular flexibility index (Phi) is 9.98. The van der Waals surface area contributed by atoms with Crippen LogP contribution in [0.5, 0.6) is 5.75 Å². The minimum atomic E-state index is -0.926. The zero-order chi connectivity index (χ0) is 21.1. The molecule has 1 aromatic rings. The third kappa shape index (κ3) is 8.83. The van der Waals surface area contributed by atoms with E-state index in [1.807, 2.05) is 13.8 Å². The number of rotatable bonds is 11. The van der Waals surface area contributed by atoms with Crippen molar-refractivity contribution in [2.75, 3.05) is 0 Å². The molecule has 0 heterocycles. The van der Waals surface area contributed by atoms with Gasteiger partial charge in [0.1, 0.15) is 18.0 Å². The number of ether oxygens (including phenoxy) is 3. The number of carbonyl (C=O) groups excluding carboxylic acids is 2. The number of nitro groups is 1. The first-order chi connectivity index (χ1) is 13.2. The molecule has 8 nitrogen and oxygen atoms in total. The van der Waals surface area contributed by atoms with Crippen molar-refractivity contribution in [3.8, 4) is 5.75 Å². The van der Waals surface area contributed by atoms with Crippen LogP contribution in [0.3, 0.4) is 0 Å².